The molecular weight excluding hydrogens is 424 g/mol. The molecule has 2 amide bonds. The highest BCUT2D eigenvalue weighted by Crippen LogP contribution is 2.24. The lowest BCUT2D eigenvalue weighted by Crippen LogP contribution is -2.27. The molecule has 0 heterocycles. The average molecular weight is 449 g/mol. The first-order valence-corrected chi connectivity index (χ1v) is 9.56. The number of carbonyl (C=O) groups is 2. The molecule has 150 valence electrons. The summed E-state index contributed by atoms with van der Waals surface area (Å²) in [7, 11) is 3.33. The number of amides is 2. The summed E-state index contributed by atoms with van der Waals surface area (Å²) in [5.74, 6) is 0.589. The molecule has 0 saturated carbocycles. The average Bonchev–Trinajstić information content (AvgIpc) is 2.60. The predicted molar refractivity (Wildman–Crippen MR) is 113 cm³/mol. The third-order valence-corrected chi connectivity index (χ3v) is 4.27. The van der Waals surface area contributed by atoms with Gasteiger partial charge in [-0.1, -0.05) is 15.9 Å². The second-order valence-corrected chi connectivity index (χ2v) is 8.24. The smallest absolute Gasteiger partial charge is 0.412 e. The first-order chi connectivity index (χ1) is 13.1. The van der Waals surface area contributed by atoms with Crippen molar-refractivity contribution in [1.82, 2.24) is 4.90 Å². The topological polar surface area (TPSA) is 67.9 Å². The number of benzene rings is 2. The van der Waals surface area contributed by atoms with E-state index in [9.17, 15) is 9.59 Å². The van der Waals surface area contributed by atoms with Gasteiger partial charge in [-0.15, -0.1) is 0 Å². The van der Waals surface area contributed by atoms with Crippen molar-refractivity contribution in [2.24, 2.45) is 0 Å². The molecule has 0 atom stereocenters. The number of methoxy groups -OCH3 is 1. The van der Waals surface area contributed by atoms with Gasteiger partial charge in [0.1, 0.15) is 11.4 Å². The Morgan fingerprint density at radius 3 is 2.32 bits per heavy atom. The van der Waals surface area contributed by atoms with E-state index in [1.807, 2.05) is 18.2 Å². The summed E-state index contributed by atoms with van der Waals surface area (Å²) in [5, 5.41) is 2.65. The summed E-state index contributed by atoms with van der Waals surface area (Å²) >= 11 is 3.44. The SMILES string of the molecule is COc1ccc(Br)cc1CN(C)C(=O)c1ccc(NC(=O)OC(C)(C)C)cc1. The molecule has 7 heteroatoms. The molecule has 1 N–H and O–H groups in total. The number of hydrogen-bond donors (Lipinski definition) is 1. The van der Waals surface area contributed by atoms with Gasteiger partial charge in [0.25, 0.3) is 5.91 Å². The lowest BCUT2D eigenvalue weighted by molar-refractivity contribution is 0.0635. The van der Waals surface area contributed by atoms with Crippen molar-refractivity contribution in [1.29, 1.82) is 0 Å². The van der Waals surface area contributed by atoms with Crippen molar-refractivity contribution < 1.29 is 19.1 Å². The first kappa shape index (κ1) is 21.8. The van der Waals surface area contributed by atoms with Crippen LogP contribution in [-0.2, 0) is 11.3 Å². The molecule has 0 aliphatic heterocycles. The fourth-order valence-corrected chi connectivity index (χ4v) is 2.94. The Morgan fingerprint density at radius 2 is 1.75 bits per heavy atom. The van der Waals surface area contributed by atoms with E-state index in [1.165, 1.54) is 0 Å². The van der Waals surface area contributed by atoms with E-state index in [0.29, 0.717) is 17.8 Å². The molecule has 28 heavy (non-hydrogen) atoms. The summed E-state index contributed by atoms with van der Waals surface area (Å²) in [6, 6.07) is 12.4. The lowest BCUT2D eigenvalue weighted by Gasteiger charge is -2.20. The highest BCUT2D eigenvalue weighted by atomic mass is 79.9. The highest BCUT2D eigenvalue weighted by Gasteiger charge is 2.17. The van der Waals surface area contributed by atoms with Crippen LogP contribution in [0.15, 0.2) is 46.9 Å². The Bertz CT molecular complexity index is 844. The van der Waals surface area contributed by atoms with Crippen molar-refractivity contribution in [2.45, 2.75) is 32.9 Å². The summed E-state index contributed by atoms with van der Waals surface area (Å²) in [6.07, 6.45) is -0.537. The highest BCUT2D eigenvalue weighted by molar-refractivity contribution is 9.10. The van der Waals surface area contributed by atoms with Crippen LogP contribution in [0.1, 0.15) is 36.7 Å². The number of halogens is 1. The minimum Gasteiger partial charge on any atom is -0.496 e. The Hall–Kier alpha value is -2.54. The van der Waals surface area contributed by atoms with Crippen LogP contribution in [0.5, 0.6) is 5.75 Å². The summed E-state index contributed by atoms with van der Waals surface area (Å²) in [4.78, 5) is 26.1. The largest absolute Gasteiger partial charge is 0.496 e. The van der Waals surface area contributed by atoms with Gasteiger partial charge >= 0.3 is 6.09 Å². The van der Waals surface area contributed by atoms with Crippen LogP contribution >= 0.6 is 15.9 Å². The van der Waals surface area contributed by atoms with E-state index in [1.54, 1.807) is 64.1 Å². The van der Waals surface area contributed by atoms with Crippen LogP contribution in [0.4, 0.5) is 10.5 Å². The molecule has 0 unspecified atom stereocenters. The number of rotatable bonds is 5. The molecule has 0 saturated heterocycles. The van der Waals surface area contributed by atoms with Gasteiger partial charge in [0.05, 0.1) is 7.11 Å². The zero-order valence-electron chi connectivity index (χ0n) is 16.7. The second kappa shape index (κ2) is 9.10. The molecule has 6 nitrogen and oxygen atoms in total. The van der Waals surface area contributed by atoms with E-state index in [2.05, 4.69) is 21.2 Å². The molecule has 2 rings (SSSR count). The Kier molecular flexibility index (Phi) is 7.07. The zero-order valence-corrected chi connectivity index (χ0v) is 18.3. The molecular formula is C21H25BrN2O4. The fourth-order valence-electron chi connectivity index (χ4n) is 2.54. The molecule has 0 aliphatic carbocycles. The van der Waals surface area contributed by atoms with Crippen LogP contribution in [0.25, 0.3) is 0 Å². The van der Waals surface area contributed by atoms with Gasteiger partial charge in [-0.2, -0.15) is 0 Å². The van der Waals surface area contributed by atoms with Crippen LogP contribution < -0.4 is 10.1 Å². The molecule has 0 radical (unpaired) electrons. The zero-order chi connectivity index (χ0) is 20.9. The minimum atomic E-state index is -0.573. The van der Waals surface area contributed by atoms with Gasteiger partial charge in [0.2, 0.25) is 0 Å². The van der Waals surface area contributed by atoms with Crippen molar-refractivity contribution in [3.8, 4) is 5.75 Å². The van der Waals surface area contributed by atoms with Crippen molar-refractivity contribution in [3.05, 3.63) is 58.1 Å². The fraction of sp³-hybridized carbons (Fsp3) is 0.333. The van der Waals surface area contributed by atoms with Crippen LogP contribution in [0, 0.1) is 0 Å². The standard InChI is InChI=1S/C21H25BrN2O4/c1-21(2,3)28-20(26)23-17-9-6-14(7-10-17)19(25)24(4)13-15-12-16(22)8-11-18(15)27-5/h6-12H,13H2,1-5H3,(H,23,26). The molecule has 0 bridgehead atoms. The number of nitrogens with one attached hydrogen (secondary N) is 1. The Balaban J connectivity index is 2.04. The normalized spacial score (nSPS) is 10.9. The van der Waals surface area contributed by atoms with Crippen molar-refractivity contribution in [3.63, 3.8) is 0 Å². The van der Waals surface area contributed by atoms with Gasteiger partial charge in [-0.3, -0.25) is 10.1 Å². The molecule has 0 spiro atoms. The van der Waals surface area contributed by atoms with E-state index < -0.39 is 11.7 Å². The molecule has 0 aliphatic rings. The number of anilines is 1. The molecule has 0 fully saturated rings. The Morgan fingerprint density at radius 1 is 1.11 bits per heavy atom. The minimum absolute atomic E-state index is 0.133. The number of ether oxygens (including phenoxy) is 2. The summed E-state index contributed by atoms with van der Waals surface area (Å²) in [5.41, 5.74) is 1.40. The summed E-state index contributed by atoms with van der Waals surface area (Å²) in [6.45, 7) is 5.79. The summed E-state index contributed by atoms with van der Waals surface area (Å²) < 4.78 is 11.5. The van der Waals surface area contributed by atoms with Crippen LogP contribution in [0.2, 0.25) is 0 Å². The number of carbonyl (C=O) groups excluding carboxylic acids is 2. The van der Waals surface area contributed by atoms with E-state index in [-0.39, 0.29) is 5.91 Å². The van der Waals surface area contributed by atoms with Gasteiger partial charge in [0, 0.05) is 34.9 Å². The van der Waals surface area contributed by atoms with Crippen LogP contribution in [0.3, 0.4) is 0 Å². The van der Waals surface area contributed by atoms with Gasteiger partial charge in [-0.25, -0.2) is 4.79 Å². The third-order valence-electron chi connectivity index (χ3n) is 3.77. The van der Waals surface area contributed by atoms with E-state index in [4.69, 9.17) is 9.47 Å². The van der Waals surface area contributed by atoms with Gasteiger partial charge in [0.15, 0.2) is 0 Å². The monoisotopic (exact) mass is 448 g/mol. The van der Waals surface area contributed by atoms with E-state index in [0.717, 1.165) is 15.8 Å². The lowest BCUT2D eigenvalue weighted by atomic mass is 10.1. The third kappa shape index (κ3) is 6.27. The first-order valence-electron chi connectivity index (χ1n) is 8.77. The number of nitrogens with zero attached hydrogens (tertiary/aromatic N) is 1. The molecule has 0 aromatic heterocycles. The quantitative estimate of drug-likeness (QED) is 0.692. The Labute approximate surface area is 174 Å². The molecule has 2 aromatic carbocycles. The maximum Gasteiger partial charge on any atom is 0.412 e. The molecule has 2 aromatic rings. The number of hydrogen-bond acceptors (Lipinski definition) is 4. The second-order valence-electron chi connectivity index (χ2n) is 7.32. The van der Waals surface area contributed by atoms with E-state index >= 15 is 0 Å². The van der Waals surface area contributed by atoms with Crippen molar-refractivity contribution >= 4 is 33.6 Å². The maximum absolute atomic E-state index is 12.7. The van der Waals surface area contributed by atoms with Crippen molar-refractivity contribution in [2.75, 3.05) is 19.5 Å². The predicted octanol–water partition coefficient (Wildman–Crippen LogP) is 5.08. The van der Waals surface area contributed by atoms with Gasteiger partial charge < -0.3 is 14.4 Å². The maximum atomic E-state index is 12.7. The van der Waals surface area contributed by atoms with Crippen LogP contribution in [-0.4, -0.2) is 36.7 Å². The van der Waals surface area contributed by atoms with Gasteiger partial charge in [-0.05, 0) is 63.2 Å².